The van der Waals surface area contributed by atoms with Crippen molar-refractivity contribution in [1.29, 1.82) is 10.5 Å². The molecule has 0 spiro atoms. The van der Waals surface area contributed by atoms with Crippen molar-refractivity contribution in [3.63, 3.8) is 0 Å². The molecule has 0 heterocycles. The van der Waals surface area contributed by atoms with Crippen molar-refractivity contribution in [3.05, 3.63) is 0 Å². The van der Waals surface area contributed by atoms with Crippen LogP contribution < -0.4 is 11.5 Å². The fourth-order valence-corrected chi connectivity index (χ4v) is 2.17. The van der Waals surface area contributed by atoms with Gasteiger partial charge in [-0.2, -0.15) is 10.5 Å². The van der Waals surface area contributed by atoms with Crippen LogP contribution in [0.1, 0.15) is 64.2 Å². The standard InChI is InChI=1S/C14H26N4/c15-11-5-2-1-3-8-14(18,10-7-13-17)9-4-6-12-16/h1-11,15,18H2. The molecule has 0 aromatic carbocycles. The molecule has 1 atom stereocenters. The van der Waals surface area contributed by atoms with Crippen molar-refractivity contribution in [2.45, 2.75) is 69.7 Å². The maximum absolute atomic E-state index is 8.67. The Hall–Kier alpha value is -1.10. The molecule has 0 aliphatic rings. The fraction of sp³-hybridized carbons (Fsp3) is 0.857. The van der Waals surface area contributed by atoms with Gasteiger partial charge in [-0.3, -0.25) is 0 Å². The third-order valence-electron chi connectivity index (χ3n) is 3.33. The molecular weight excluding hydrogens is 224 g/mol. The number of hydrogen-bond acceptors (Lipinski definition) is 4. The summed E-state index contributed by atoms with van der Waals surface area (Å²) < 4.78 is 0. The topological polar surface area (TPSA) is 99.6 Å². The lowest BCUT2D eigenvalue weighted by Gasteiger charge is -2.28. The van der Waals surface area contributed by atoms with E-state index in [2.05, 4.69) is 12.1 Å². The SMILES string of the molecule is N#CCCCC(N)(CCC#N)CCCCCCN. The van der Waals surface area contributed by atoms with Gasteiger partial charge < -0.3 is 11.5 Å². The van der Waals surface area contributed by atoms with Crippen LogP contribution in [0.4, 0.5) is 0 Å². The predicted molar refractivity (Wildman–Crippen MR) is 73.4 cm³/mol. The first-order valence-electron chi connectivity index (χ1n) is 6.91. The minimum atomic E-state index is -0.255. The van der Waals surface area contributed by atoms with E-state index in [-0.39, 0.29) is 5.54 Å². The van der Waals surface area contributed by atoms with Crippen LogP contribution in [0.2, 0.25) is 0 Å². The van der Waals surface area contributed by atoms with Crippen molar-refractivity contribution in [2.24, 2.45) is 11.5 Å². The molecular formula is C14H26N4. The third kappa shape index (κ3) is 8.98. The van der Waals surface area contributed by atoms with Gasteiger partial charge in [0.05, 0.1) is 12.1 Å². The highest BCUT2D eigenvalue weighted by molar-refractivity contribution is 4.88. The molecule has 0 bridgehead atoms. The highest BCUT2D eigenvalue weighted by atomic mass is 14.7. The van der Waals surface area contributed by atoms with Crippen LogP contribution >= 0.6 is 0 Å². The summed E-state index contributed by atoms with van der Waals surface area (Å²) in [6.45, 7) is 0.754. The molecule has 0 radical (unpaired) electrons. The summed E-state index contributed by atoms with van der Waals surface area (Å²) in [4.78, 5) is 0. The molecule has 4 nitrogen and oxygen atoms in total. The van der Waals surface area contributed by atoms with Gasteiger partial charge in [-0.15, -0.1) is 0 Å². The number of hydrogen-bond donors (Lipinski definition) is 2. The quantitative estimate of drug-likeness (QED) is 0.550. The molecule has 0 aliphatic carbocycles. The first-order chi connectivity index (χ1) is 8.68. The summed E-state index contributed by atoms with van der Waals surface area (Å²) in [5, 5.41) is 17.2. The molecule has 0 saturated carbocycles. The van der Waals surface area contributed by atoms with Crippen LogP contribution in [0, 0.1) is 22.7 Å². The summed E-state index contributed by atoms with van der Waals surface area (Å²) >= 11 is 0. The number of rotatable bonds is 11. The molecule has 18 heavy (non-hydrogen) atoms. The van der Waals surface area contributed by atoms with E-state index < -0.39 is 0 Å². The van der Waals surface area contributed by atoms with E-state index in [0.717, 1.165) is 57.9 Å². The molecule has 1 unspecified atom stereocenters. The molecule has 0 aromatic heterocycles. The van der Waals surface area contributed by atoms with Gasteiger partial charge in [-0.05, 0) is 38.6 Å². The summed E-state index contributed by atoms with van der Waals surface area (Å²) in [5.41, 5.74) is 11.6. The van der Waals surface area contributed by atoms with E-state index >= 15 is 0 Å². The number of nitrogens with two attached hydrogens (primary N) is 2. The molecule has 0 aliphatic heterocycles. The van der Waals surface area contributed by atoms with Crippen LogP contribution in [0.5, 0.6) is 0 Å². The highest BCUT2D eigenvalue weighted by Crippen LogP contribution is 2.24. The Morgan fingerprint density at radius 2 is 1.39 bits per heavy atom. The minimum absolute atomic E-state index is 0.255. The van der Waals surface area contributed by atoms with Crippen molar-refractivity contribution >= 4 is 0 Å². The lowest BCUT2D eigenvalue weighted by atomic mass is 9.84. The molecule has 0 saturated heterocycles. The third-order valence-corrected chi connectivity index (χ3v) is 3.33. The van der Waals surface area contributed by atoms with E-state index in [9.17, 15) is 0 Å². The molecule has 0 rings (SSSR count). The second-order valence-corrected chi connectivity index (χ2v) is 4.99. The van der Waals surface area contributed by atoms with Gasteiger partial charge in [0, 0.05) is 18.4 Å². The van der Waals surface area contributed by atoms with Crippen molar-refractivity contribution in [2.75, 3.05) is 6.54 Å². The first-order valence-corrected chi connectivity index (χ1v) is 6.91. The van der Waals surface area contributed by atoms with Crippen LogP contribution in [0.25, 0.3) is 0 Å². The van der Waals surface area contributed by atoms with E-state index in [1.807, 2.05) is 0 Å². The first kappa shape index (κ1) is 16.9. The average Bonchev–Trinajstić information content (AvgIpc) is 2.37. The average molecular weight is 250 g/mol. The Balaban J connectivity index is 3.96. The maximum atomic E-state index is 8.67. The Kier molecular flexibility index (Phi) is 10.3. The van der Waals surface area contributed by atoms with E-state index in [1.54, 1.807) is 0 Å². The zero-order valence-corrected chi connectivity index (χ0v) is 11.3. The Morgan fingerprint density at radius 3 is 2.00 bits per heavy atom. The maximum Gasteiger partial charge on any atom is 0.0622 e. The molecule has 0 amide bonds. The van der Waals surface area contributed by atoms with Gasteiger partial charge in [0.2, 0.25) is 0 Å². The minimum Gasteiger partial charge on any atom is -0.330 e. The van der Waals surface area contributed by atoms with Gasteiger partial charge in [0.15, 0.2) is 0 Å². The second kappa shape index (κ2) is 11.0. The summed E-state index contributed by atoms with van der Waals surface area (Å²) in [7, 11) is 0. The number of unbranched alkanes of at least 4 members (excludes halogenated alkanes) is 4. The summed E-state index contributed by atoms with van der Waals surface area (Å²) in [6.07, 6.45) is 8.91. The van der Waals surface area contributed by atoms with Crippen LogP contribution in [-0.4, -0.2) is 12.1 Å². The second-order valence-electron chi connectivity index (χ2n) is 4.99. The lowest BCUT2D eigenvalue weighted by Crippen LogP contribution is -2.39. The highest BCUT2D eigenvalue weighted by Gasteiger charge is 2.23. The molecule has 0 aromatic rings. The zero-order valence-electron chi connectivity index (χ0n) is 11.3. The molecule has 4 N–H and O–H groups in total. The van der Waals surface area contributed by atoms with Crippen molar-refractivity contribution < 1.29 is 0 Å². The lowest BCUT2D eigenvalue weighted by molar-refractivity contribution is 0.323. The fourth-order valence-electron chi connectivity index (χ4n) is 2.17. The Morgan fingerprint density at radius 1 is 0.778 bits per heavy atom. The molecule has 102 valence electrons. The van der Waals surface area contributed by atoms with Crippen molar-refractivity contribution in [3.8, 4) is 12.1 Å². The molecule has 0 fully saturated rings. The Labute approximate surface area is 111 Å². The molecule has 4 heteroatoms. The van der Waals surface area contributed by atoms with Crippen LogP contribution in [0.15, 0.2) is 0 Å². The zero-order chi connectivity index (χ0) is 13.7. The number of nitrogens with zero attached hydrogens (tertiary/aromatic N) is 2. The normalized spacial score (nSPS) is 13.6. The van der Waals surface area contributed by atoms with E-state index in [0.29, 0.717) is 12.8 Å². The largest absolute Gasteiger partial charge is 0.330 e. The smallest absolute Gasteiger partial charge is 0.0622 e. The van der Waals surface area contributed by atoms with E-state index in [1.165, 1.54) is 0 Å². The van der Waals surface area contributed by atoms with Gasteiger partial charge >= 0.3 is 0 Å². The summed E-state index contributed by atoms with van der Waals surface area (Å²) in [5.74, 6) is 0. The van der Waals surface area contributed by atoms with Crippen LogP contribution in [0.3, 0.4) is 0 Å². The van der Waals surface area contributed by atoms with Gasteiger partial charge in [0.1, 0.15) is 0 Å². The van der Waals surface area contributed by atoms with Crippen molar-refractivity contribution in [1.82, 2.24) is 0 Å². The summed E-state index contributed by atoms with van der Waals surface area (Å²) in [6, 6.07) is 4.31. The van der Waals surface area contributed by atoms with Crippen LogP contribution in [-0.2, 0) is 0 Å². The monoisotopic (exact) mass is 250 g/mol. The van der Waals surface area contributed by atoms with E-state index in [4.69, 9.17) is 22.0 Å². The van der Waals surface area contributed by atoms with Gasteiger partial charge in [0.25, 0.3) is 0 Å². The van der Waals surface area contributed by atoms with Gasteiger partial charge in [-0.25, -0.2) is 0 Å². The van der Waals surface area contributed by atoms with Gasteiger partial charge in [-0.1, -0.05) is 19.3 Å². The number of nitriles is 2. The Bertz CT molecular complexity index is 276. The predicted octanol–water partition coefficient (Wildman–Crippen LogP) is 2.59.